The maximum absolute atomic E-state index is 12.3. The Morgan fingerprint density at radius 2 is 0.745 bits per heavy atom. The fourth-order valence-electron chi connectivity index (χ4n) is 7.11. The number of allylic oxidation sites excluding steroid dienone is 3. The third-order valence-corrected chi connectivity index (χ3v) is 10.7. The third-order valence-electron chi connectivity index (χ3n) is 10.7. The molecule has 0 rings (SSSR count). The van der Waals surface area contributed by atoms with E-state index in [1.165, 1.54) is 205 Å². The Balaban J connectivity index is 3.33. The zero-order chi connectivity index (χ0) is 37.1. The van der Waals surface area contributed by atoms with E-state index in [2.05, 4.69) is 31.3 Å². The van der Waals surface area contributed by atoms with Gasteiger partial charge in [0.2, 0.25) is 5.91 Å². The smallest absolute Gasteiger partial charge is 0.220 e. The minimum atomic E-state index is -0.832. The first-order valence-corrected chi connectivity index (χ1v) is 23.1. The average molecular weight is 718 g/mol. The Labute approximate surface area is 319 Å². The van der Waals surface area contributed by atoms with Crippen LogP contribution in [0.4, 0.5) is 0 Å². The van der Waals surface area contributed by atoms with Gasteiger partial charge in [-0.15, -0.1) is 0 Å². The van der Waals surface area contributed by atoms with Gasteiger partial charge in [-0.05, 0) is 44.9 Å². The predicted molar refractivity (Wildman–Crippen MR) is 225 cm³/mol. The second kappa shape index (κ2) is 43.3. The van der Waals surface area contributed by atoms with Crippen molar-refractivity contribution in [2.24, 2.45) is 0 Å². The molecule has 2 atom stereocenters. The van der Waals surface area contributed by atoms with Gasteiger partial charge < -0.3 is 15.5 Å². The maximum Gasteiger partial charge on any atom is 0.220 e. The van der Waals surface area contributed by atoms with E-state index in [-0.39, 0.29) is 12.5 Å². The van der Waals surface area contributed by atoms with Gasteiger partial charge in [0.1, 0.15) is 0 Å². The molecule has 0 heterocycles. The Hall–Kier alpha value is -1.13. The second-order valence-electron chi connectivity index (χ2n) is 15.8. The highest BCUT2D eigenvalue weighted by atomic mass is 16.3. The van der Waals surface area contributed by atoms with Gasteiger partial charge in [0.15, 0.2) is 0 Å². The largest absolute Gasteiger partial charge is 0.394 e. The van der Waals surface area contributed by atoms with Crippen LogP contribution in [0, 0.1) is 0 Å². The van der Waals surface area contributed by atoms with E-state index in [0.29, 0.717) is 6.42 Å². The summed E-state index contributed by atoms with van der Waals surface area (Å²) in [7, 11) is 0. The van der Waals surface area contributed by atoms with Gasteiger partial charge in [-0.1, -0.05) is 224 Å². The number of hydrogen-bond acceptors (Lipinski definition) is 3. The normalized spacial score (nSPS) is 13.1. The van der Waals surface area contributed by atoms with Crippen LogP contribution < -0.4 is 5.32 Å². The van der Waals surface area contributed by atoms with Crippen LogP contribution in [0.1, 0.15) is 251 Å². The van der Waals surface area contributed by atoms with Crippen LogP contribution in [0.3, 0.4) is 0 Å². The lowest BCUT2D eigenvalue weighted by Gasteiger charge is -2.20. The molecule has 302 valence electrons. The van der Waals surface area contributed by atoms with Gasteiger partial charge in [0.25, 0.3) is 0 Å². The van der Waals surface area contributed by atoms with Crippen molar-refractivity contribution in [2.45, 2.75) is 264 Å². The van der Waals surface area contributed by atoms with Crippen LogP contribution in [0.5, 0.6) is 0 Å². The Morgan fingerprint density at radius 1 is 0.451 bits per heavy atom. The second-order valence-corrected chi connectivity index (χ2v) is 15.8. The predicted octanol–water partition coefficient (Wildman–Crippen LogP) is 14.4. The topological polar surface area (TPSA) is 69.6 Å². The summed E-state index contributed by atoms with van der Waals surface area (Å²) in [6, 6.07) is -0.615. The van der Waals surface area contributed by atoms with Crippen molar-refractivity contribution in [3.63, 3.8) is 0 Å². The lowest BCUT2D eigenvalue weighted by atomic mass is 10.0. The zero-order valence-corrected chi connectivity index (χ0v) is 34.6. The highest BCUT2D eigenvalue weighted by Gasteiger charge is 2.17. The van der Waals surface area contributed by atoms with Gasteiger partial charge >= 0.3 is 0 Å². The van der Waals surface area contributed by atoms with Crippen LogP contribution >= 0.6 is 0 Å². The number of carbonyl (C=O) groups is 1. The first kappa shape index (κ1) is 49.9. The summed E-state index contributed by atoms with van der Waals surface area (Å²) < 4.78 is 0. The Kier molecular flexibility index (Phi) is 42.3. The van der Waals surface area contributed by atoms with E-state index >= 15 is 0 Å². The molecule has 0 aliphatic carbocycles. The summed E-state index contributed by atoms with van der Waals surface area (Å²) in [4.78, 5) is 12.3. The fourth-order valence-corrected chi connectivity index (χ4v) is 7.11. The first-order valence-electron chi connectivity index (χ1n) is 23.1. The van der Waals surface area contributed by atoms with Gasteiger partial charge in [-0.3, -0.25) is 4.79 Å². The highest BCUT2D eigenvalue weighted by Crippen LogP contribution is 2.16. The van der Waals surface area contributed by atoms with Gasteiger partial charge in [-0.2, -0.15) is 0 Å². The van der Waals surface area contributed by atoms with Crippen LogP contribution in [0.25, 0.3) is 0 Å². The maximum atomic E-state index is 12.3. The number of carbonyl (C=O) groups excluding carboxylic acids is 1. The highest BCUT2D eigenvalue weighted by molar-refractivity contribution is 5.76. The monoisotopic (exact) mass is 718 g/mol. The van der Waals surface area contributed by atoms with Crippen molar-refractivity contribution in [3.05, 3.63) is 24.3 Å². The molecule has 0 radical (unpaired) electrons. The number of aliphatic hydroxyl groups is 2. The van der Waals surface area contributed by atoms with Crippen LogP contribution in [-0.2, 0) is 4.79 Å². The number of unbranched alkanes of at least 4 members (excludes halogenated alkanes) is 33. The molecule has 0 aromatic carbocycles. The molecule has 0 aromatic rings. The molecule has 4 heteroatoms. The molecule has 4 nitrogen and oxygen atoms in total. The minimum Gasteiger partial charge on any atom is -0.394 e. The van der Waals surface area contributed by atoms with E-state index in [0.717, 1.165) is 25.7 Å². The van der Waals surface area contributed by atoms with Crippen molar-refractivity contribution in [1.29, 1.82) is 0 Å². The summed E-state index contributed by atoms with van der Waals surface area (Å²) in [6.07, 6.45) is 56.3. The quantitative estimate of drug-likeness (QED) is 0.0435. The van der Waals surface area contributed by atoms with E-state index in [9.17, 15) is 15.0 Å². The van der Waals surface area contributed by atoms with Crippen molar-refractivity contribution in [1.82, 2.24) is 5.32 Å². The Bertz CT molecular complexity index is 735. The molecular weight excluding hydrogens is 627 g/mol. The molecule has 2 unspecified atom stereocenters. The molecule has 51 heavy (non-hydrogen) atoms. The van der Waals surface area contributed by atoms with Crippen molar-refractivity contribution >= 4 is 5.91 Å². The van der Waals surface area contributed by atoms with E-state index in [1.54, 1.807) is 6.08 Å². The first-order chi connectivity index (χ1) is 25.2. The molecule has 0 spiro atoms. The van der Waals surface area contributed by atoms with E-state index in [1.807, 2.05) is 6.08 Å². The minimum absolute atomic E-state index is 0.0662. The molecule has 0 aliphatic heterocycles. The summed E-state index contributed by atoms with van der Waals surface area (Å²) in [6.45, 7) is 4.24. The van der Waals surface area contributed by atoms with Crippen molar-refractivity contribution in [3.8, 4) is 0 Å². The number of hydrogen-bond donors (Lipinski definition) is 3. The number of nitrogens with one attached hydrogen (secondary N) is 1. The van der Waals surface area contributed by atoms with Crippen LogP contribution in [0.15, 0.2) is 24.3 Å². The van der Waals surface area contributed by atoms with Gasteiger partial charge in [-0.25, -0.2) is 0 Å². The molecule has 1 amide bonds. The average Bonchev–Trinajstić information content (AvgIpc) is 3.13. The zero-order valence-electron chi connectivity index (χ0n) is 34.6. The molecular formula is C47H91NO3. The molecule has 0 fully saturated rings. The lowest BCUT2D eigenvalue weighted by molar-refractivity contribution is -0.123. The summed E-state index contributed by atoms with van der Waals surface area (Å²) in [5.41, 5.74) is 0. The summed E-state index contributed by atoms with van der Waals surface area (Å²) in [5.74, 6) is -0.0662. The molecule has 0 aliphatic rings. The van der Waals surface area contributed by atoms with Gasteiger partial charge in [0.05, 0.1) is 18.8 Å². The summed E-state index contributed by atoms with van der Waals surface area (Å²) >= 11 is 0. The third kappa shape index (κ3) is 39.9. The molecule has 0 bridgehead atoms. The molecule has 0 aromatic heterocycles. The number of rotatable bonds is 42. The molecule has 0 saturated carbocycles. The number of amides is 1. The fraction of sp³-hybridized carbons (Fsp3) is 0.894. The van der Waals surface area contributed by atoms with Crippen molar-refractivity contribution < 1.29 is 15.0 Å². The Morgan fingerprint density at radius 3 is 1.10 bits per heavy atom. The molecule has 3 N–H and O–H groups in total. The van der Waals surface area contributed by atoms with E-state index in [4.69, 9.17) is 0 Å². The summed E-state index contributed by atoms with van der Waals surface area (Å²) in [5, 5.41) is 22.7. The standard InChI is InChI=1S/C47H91NO3/c1-3-5-7-9-11-12-13-14-15-16-17-18-19-20-21-22-23-24-25-26-27-28-29-30-31-32-33-34-35-36-37-39-41-43-47(51)48-45(44-49)46(50)42-40-38-10-8-6-4-2/h16-17,40,42,45-46,49-50H,3-15,18-39,41,43-44H2,1-2H3,(H,48,51)/b17-16-,42-40+. The van der Waals surface area contributed by atoms with Crippen molar-refractivity contribution in [2.75, 3.05) is 6.61 Å². The van der Waals surface area contributed by atoms with Crippen LogP contribution in [-0.4, -0.2) is 34.9 Å². The SMILES string of the molecule is CCCCCC/C=C/C(O)C(CO)NC(=O)CCCCCCCCCCCCCCCCCCCCCCC/C=C\CCCCCCCCCC. The van der Waals surface area contributed by atoms with Gasteiger partial charge in [0, 0.05) is 6.42 Å². The van der Waals surface area contributed by atoms with Crippen LogP contribution in [0.2, 0.25) is 0 Å². The van der Waals surface area contributed by atoms with E-state index < -0.39 is 12.1 Å². The number of aliphatic hydroxyl groups excluding tert-OH is 2. The lowest BCUT2D eigenvalue weighted by Crippen LogP contribution is -2.45. The molecule has 0 saturated heterocycles.